The first-order chi connectivity index (χ1) is 5.62. The van der Waals surface area contributed by atoms with Crippen LogP contribution in [0.4, 0.5) is 0 Å². The monoisotopic (exact) mass is 220 g/mol. The molecular formula is C9H20N2S2. The van der Waals surface area contributed by atoms with E-state index in [9.17, 15) is 0 Å². The van der Waals surface area contributed by atoms with Gasteiger partial charge in [0.25, 0.3) is 0 Å². The molecule has 0 rings (SSSR count). The Balaban J connectivity index is 4.01. The Morgan fingerprint density at radius 1 is 1.23 bits per heavy atom. The average molecular weight is 220 g/mol. The van der Waals surface area contributed by atoms with E-state index in [4.69, 9.17) is 11.1 Å². The zero-order chi connectivity index (χ0) is 10.7. The molecule has 0 amide bonds. The average Bonchev–Trinajstić information content (AvgIpc) is 1.78. The maximum atomic E-state index is 7.13. The molecule has 0 atom stereocenters. The summed E-state index contributed by atoms with van der Waals surface area (Å²) < 4.78 is 0.175. The van der Waals surface area contributed by atoms with Crippen LogP contribution in [0.3, 0.4) is 0 Å². The number of hydrogen-bond donors (Lipinski definition) is 2. The maximum Gasteiger partial charge on any atom is 0.161 e. The molecule has 13 heavy (non-hydrogen) atoms. The standard InChI is InChI=1S/C9H20N2S2/c1-8(2,3)6-9(4,5)13-12-7(10)11/h6H2,1-5H3,(H3,10,11). The lowest BCUT2D eigenvalue weighted by Gasteiger charge is -2.30. The van der Waals surface area contributed by atoms with E-state index in [1.54, 1.807) is 10.8 Å². The molecule has 78 valence electrons. The van der Waals surface area contributed by atoms with Crippen molar-refractivity contribution in [3.63, 3.8) is 0 Å². The van der Waals surface area contributed by atoms with Crippen LogP contribution in [0.15, 0.2) is 0 Å². The molecule has 0 unspecified atom stereocenters. The van der Waals surface area contributed by atoms with Gasteiger partial charge in [-0.25, -0.2) is 0 Å². The summed E-state index contributed by atoms with van der Waals surface area (Å²) >= 11 is 0. The molecule has 0 aromatic heterocycles. The van der Waals surface area contributed by atoms with Crippen LogP contribution in [0.1, 0.15) is 41.0 Å². The minimum absolute atomic E-state index is 0.175. The molecule has 4 heteroatoms. The predicted molar refractivity (Wildman–Crippen MR) is 65.2 cm³/mol. The second kappa shape index (κ2) is 4.60. The number of nitrogens with two attached hydrogens (primary N) is 1. The van der Waals surface area contributed by atoms with Crippen molar-refractivity contribution in [2.24, 2.45) is 11.1 Å². The summed E-state index contributed by atoms with van der Waals surface area (Å²) in [6.07, 6.45) is 1.12. The second-order valence-corrected chi connectivity index (χ2v) is 7.91. The van der Waals surface area contributed by atoms with Crippen molar-refractivity contribution < 1.29 is 0 Å². The first kappa shape index (κ1) is 13.2. The molecule has 0 bridgehead atoms. The fourth-order valence-electron chi connectivity index (χ4n) is 1.46. The number of nitrogens with one attached hydrogen (secondary N) is 1. The van der Waals surface area contributed by atoms with Crippen molar-refractivity contribution in [1.82, 2.24) is 0 Å². The van der Waals surface area contributed by atoms with Gasteiger partial charge in [-0.1, -0.05) is 31.6 Å². The lowest BCUT2D eigenvalue weighted by molar-refractivity contribution is 0.340. The lowest BCUT2D eigenvalue weighted by atomic mass is 9.86. The van der Waals surface area contributed by atoms with Gasteiger partial charge in [-0.15, -0.1) is 0 Å². The summed E-state index contributed by atoms with van der Waals surface area (Å²) in [5, 5.41) is 7.31. The second-order valence-electron chi connectivity index (χ2n) is 5.03. The number of amidine groups is 1. The number of hydrogen-bond acceptors (Lipinski definition) is 3. The van der Waals surface area contributed by atoms with Gasteiger partial charge in [-0.2, -0.15) is 0 Å². The molecule has 0 fully saturated rings. The molecule has 3 N–H and O–H groups in total. The Hall–Kier alpha value is 0.170. The van der Waals surface area contributed by atoms with E-state index in [1.165, 1.54) is 10.8 Å². The zero-order valence-electron chi connectivity index (χ0n) is 9.10. The van der Waals surface area contributed by atoms with Gasteiger partial charge < -0.3 is 5.73 Å². The minimum atomic E-state index is 0.175. The highest BCUT2D eigenvalue weighted by atomic mass is 33.1. The summed E-state index contributed by atoms with van der Waals surface area (Å²) in [6, 6.07) is 0. The normalized spacial score (nSPS) is 13.0. The predicted octanol–water partition coefficient (Wildman–Crippen LogP) is 3.48. The quantitative estimate of drug-likeness (QED) is 0.435. The largest absolute Gasteiger partial charge is 0.378 e. The SMILES string of the molecule is CC(C)(C)CC(C)(C)SSC(=N)N. The van der Waals surface area contributed by atoms with Crippen LogP contribution in [-0.2, 0) is 0 Å². The van der Waals surface area contributed by atoms with Crippen LogP contribution in [0.25, 0.3) is 0 Å². The Morgan fingerprint density at radius 2 is 1.69 bits per heavy atom. The van der Waals surface area contributed by atoms with E-state index >= 15 is 0 Å². The fraction of sp³-hybridized carbons (Fsp3) is 0.889. The molecule has 0 heterocycles. The third kappa shape index (κ3) is 8.50. The van der Waals surface area contributed by atoms with Crippen molar-refractivity contribution in [3.05, 3.63) is 0 Å². The van der Waals surface area contributed by atoms with Crippen LogP contribution in [0, 0.1) is 10.8 Å². The Bertz CT molecular complexity index is 183. The van der Waals surface area contributed by atoms with Gasteiger partial charge in [0.15, 0.2) is 5.17 Å². The van der Waals surface area contributed by atoms with Crippen molar-refractivity contribution in [3.8, 4) is 0 Å². The van der Waals surface area contributed by atoms with E-state index in [-0.39, 0.29) is 9.91 Å². The van der Waals surface area contributed by atoms with Gasteiger partial charge in [0.2, 0.25) is 0 Å². The topological polar surface area (TPSA) is 49.9 Å². The van der Waals surface area contributed by atoms with Crippen molar-refractivity contribution >= 4 is 26.8 Å². The highest BCUT2D eigenvalue weighted by Gasteiger charge is 2.26. The zero-order valence-corrected chi connectivity index (χ0v) is 10.7. The summed E-state index contributed by atoms with van der Waals surface area (Å²) in [4.78, 5) is 0. The molecular weight excluding hydrogens is 200 g/mol. The van der Waals surface area contributed by atoms with Crippen LogP contribution in [0.5, 0.6) is 0 Å². The van der Waals surface area contributed by atoms with Crippen LogP contribution in [0.2, 0.25) is 0 Å². The molecule has 0 saturated carbocycles. The van der Waals surface area contributed by atoms with E-state index in [0.717, 1.165) is 6.42 Å². The molecule has 0 aromatic carbocycles. The van der Waals surface area contributed by atoms with Gasteiger partial charge in [-0.05, 0) is 36.5 Å². The van der Waals surface area contributed by atoms with Crippen molar-refractivity contribution in [2.75, 3.05) is 0 Å². The van der Waals surface area contributed by atoms with Gasteiger partial charge in [-0.3, -0.25) is 5.41 Å². The van der Waals surface area contributed by atoms with E-state index in [2.05, 4.69) is 34.6 Å². The molecule has 0 radical (unpaired) electrons. The molecule has 0 aliphatic rings. The smallest absolute Gasteiger partial charge is 0.161 e. The van der Waals surface area contributed by atoms with E-state index < -0.39 is 0 Å². The van der Waals surface area contributed by atoms with Crippen LogP contribution < -0.4 is 5.73 Å². The summed E-state index contributed by atoms with van der Waals surface area (Å²) in [5.41, 5.74) is 5.62. The third-order valence-corrected chi connectivity index (χ3v) is 4.31. The van der Waals surface area contributed by atoms with Crippen molar-refractivity contribution in [2.45, 2.75) is 45.8 Å². The minimum Gasteiger partial charge on any atom is -0.378 e. The van der Waals surface area contributed by atoms with Gasteiger partial charge in [0, 0.05) is 4.75 Å². The Labute approximate surface area is 89.3 Å². The fourth-order valence-corrected chi connectivity index (χ4v) is 3.39. The first-order valence-corrected chi connectivity index (χ1v) is 6.47. The molecule has 0 aliphatic carbocycles. The van der Waals surface area contributed by atoms with Gasteiger partial charge in [0.05, 0.1) is 0 Å². The molecule has 0 spiro atoms. The van der Waals surface area contributed by atoms with E-state index in [1.807, 2.05) is 0 Å². The highest BCUT2D eigenvalue weighted by molar-refractivity contribution is 8.82. The molecule has 0 saturated heterocycles. The Morgan fingerprint density at radius 3 is 2.00 bits per heavy atom. The van der Waals surface area contributed by atoms with Crippen LogP contribution in [-0.4, -0.2) is 9.91 Å². The highest BCUT2D eigenvalue weighted by Crippen LogP contribution is 2.42. The lowest BCUT2D eigenvalue weighted by Crippen LogP contribution is -2.23. The molecule has 0 aliphatic heterocycles. The van der Waals surface area contributed by atoms with Gasteiger partial charge in [0.1, 0.15) is 0 Å². The summed E-state index contributed by atoms with van der Waals surface area (Å²) in [5.74, 6) is 0. The Kier molecular flexibility index (Phi) is 4.66. The summed E-state index contributed by atoms with van der Waals surface area (Å²) in [7, 11) is 3.04. The summed E-state index contributed by atoms with van der Waals surface area (Å²) in [6.45, 7) is 11.1. The third-order valence-electron chi connectivity index (χ3n) is 1.31. The molecule has 0 aromatic rings. The first-order valence-electron chi connectivity index (χ1n) is 4.32. The van der Waals surface area contributed by atoms with Crippen LogP contribution >= 0.6 is 21.6 Å². The van der Waals surface area contributed by atoms with E-state index in [0.29, 0.717) is 5.41 Å². The molecule has 2 nitrogen and oxygen atoms in total. The maximum absolute atomic E-state index is 7.13. The van der Waals surface area contributed by atoms with Gasteiger partial charge >= 0.3 is 0 Å². The van der Waals surface area contributed by atoms with Crippen molar-refractivity contribution in [1.29, 1.82) is 5.41 Å². The number of rotatable bonds is 3.